The Kier molecular flexibility index (Phi) is 7.76. The lowest BCUT2D eigenvalue weighted by molar-refractivity contribution is -0.656. The van der Waals surface area contributed by atoms with Gasteiger partial charge >= 0.3 is 0 Å². The molecule has 21 heavy (non-hydrogen) atoms. The molecule has 3 nitrogen and oxygen atoms in total. The summed E-state index contributed by atoms with van der Waals surface area (Å²) < 4.78 is 11.1. The normalized spacial score (nSPS) is 11.7. The van der Waals surface area contributed by atoms with Crippen molar-refractivity contribution in [2.45, 2.75) is 46.0 Å². The van der Waals surface area contributed by atoms with E-state index in [1.54, 1.807) is 7.11 Å². The minimum Gasteiger partial charge on any atom is -0.493 e. The molecule has 0 aliphatic heterocycles. The molecule has 0 aromatic heterocycles. The van der Waals surface area contributed by atoms with E-state index in [2.05, 4.69) is 51.2 Å². The number of quaternary nitrogens is 1. The molecule has 0 atom stereocenters. The Hall–Kier alpha value is -1.06. The molecule has 0 saturated heterocycles. The maximum Gasteiger partial charge on any atom is 0.123 e. The van der Waals surface area contributed by atoms with Crippen LogP contribution >= 0.6 is 0 Å². The molecule has 3 heteroatoms. The van der Waals surface area contributed by atoms with E-state index in [1.807, 2.05) is 0 Å². The Labute approximate surface area is 130 Å². The van der Waals surface area contributed by atoms with E-state index >= 15 is 0 Å². The summed E-state index contributed by atoms with van der Waals surface area (Å²) in [6.45, 7) is 12.6. The van der Waals surface area contributed by atoms with Crippen molar-refractivity contribution < 1.29 is 14.8 Å². The van der Waals surface area contributed by atoms with Crippen LogP contribution in [0.5, 0.6) is 5.75 Å². The van der Waals surface area contributed by atoms with Gasteiger partial charge in [0.15, 0.2) is 0 Å². The first-order valence-corrected chi connectivity index (χ1v) is 7.99. The smallest absolute Gasteiger partial charge is 0.123 e. The topological polar surface area (TPSA) is 35.1 Å². The number of hydrogen-bond acceptors (Lipinski definition) is 2. The highest BCUT2D eigenvalue weighted by atomic mass is 16.5. The molecule has 1 rings (SSSR count). The van der Waals surface area contributed by atoms with Crippen molar-refractivity contribution >= 4 is 0 Å². The predicted octanol–water partition coefficient (Wildman–Crippen LogP) is 2.66. The summed E-state index contributed by atoms with van der Waals surface area (Å²) in [5.41, 5.74) is 2.67. The van der Waals surface area contributed by atoms with Crippen LogP contribution in [0, 0.1) is 6.92 Å². The van der Waals surface area contributed by atoms with Gasteiger partial charge in [-0.25, -0.2) is 0 Å². The van der Waals surface area contributed by atoms with Crippen molar-refractivity contribution in [1.29, 1.82) is 0 Å². The van der Waals surface area contributed by atoms with Crippen LogP contribution in [-0.4, -0.2) is 33.4 Å². The molecule has 120 valence electrons. The van der Waals surface area contributed by atoms with Gasteiger partial charge in [-0.3, -0.25) is 0 Å². The van der Waals surface area contributed by atoms with E-state index in [4.69, 9.17) is 9.47 Å². The van der Waals surface area contributed by atoms with Crippen molar-refractivity contribution in [3.63, 3.8) is 0 Å². The van der Waals surface area contributed by atoms with Gasteiger partial charge in [0.2, 0.25) is 0 Å². The third-order valence-corrected chi connectivity index (χ3v) is 3.53. The predicted molar refractivity (Wildman–Crippen MR) is 88.1 cm³/mol. The molecule has 1 aromatic rings. The Bertz CT molecular complexity index is 410. The second-order valence-corrected chi connectivity index (χ2v) is 6.66. The summed E-state index contributed by atoms with van der Waals surface area (Å²) in [7, 11) is 1.75. The highest BCUT2D eigenvalue weighted by Gasteiger charge is 2.18. The summed E-state index contributed by atoms with van der Waals surface area (Å²) in [5.74, 6) is 1.05. The van der Waals surface area contributed by atoms with Crippen molar-refractivity contribution in [2.75, 3.05) is 33.4 Å². The van der Waals surface area contributed by atoms with Crippen LogP contribution in [0.3, 0.4) is 0 Å². The minimum absolute atomic E-state index is 0.122. The number of methoxy groups -OCH3 is 1. The SMILES string of the molecule is COCC[NH2+]CCCCOc1cc(C)ccc1C(C)(C)C. The van der Waals surface area contributed by atoms with Gasteiger partial charge in [0.1, 0.15) is 5.75 Å². The maximum absolute atomic E-state index is 6.03. The molecule has 1 aromatic carbocycles. The minimum atomic E-state index is 0.122. The molecule has 0 bridgehead atoms. The molecule has 0 saturated carbocycles. The van der Waals surface area contributed by atoms with Crippen molar-refractivity contribution in [3.8, 4) is 5.75 Å². The fraction of sp³-hybridized carbons (Fsp3) is 0.667. The van der Waals surface area contributed by atoms with Gasteiger partial charge in [-0.05, 0) is 42.4 Å². The molecule has 0 spiro atoms. The summed E-state index contributed by atoms with van der Waals surface area (Å²) in [6, 6.07) is 6.52. The largest absolute Gasteiger partial charge is 0.493 e. The van der Waals surface area contributed by atoms with E-state index in [1.165, 1.54) is 17.5 Å². The molecule has 0 aliphatic carbocycles. The Morgan fingerprint density at radius 3 is 2.48 bits per heavy atom. The monoisotopic (exact) mass is 294 g/mol. The molecule has 0 aliphatic rings. The average Bonchev–Trinajstić information content (AvgIpc) is 2.40. The lowest BCUT2D eigenvalue weighted by Gasteiger charge is -2.23. The molecular weight excluding hydrogens is 262 g/mol. The van der Waals surface area contributed by atoms with Crippen LogP contribution in [0.25, 0.3) is 0 Å². The number of unbranched alkanes of at least 4 members (excludes halogenated alkanes) is 1. The molecule has 0 unspecified atom stereocenters. The number of nitrogens with two attached hydrogens (primary N) is 1. The number of aryl methyl sites for hydroxylation is 1. The Balaban J connectivity index is 2.36. The van der Waals surface area contributed by atoms with Crippen LogP contribution in [0.15, 0.2) is 18.2 Å². The van der Waals surface area contributed by atoms with Gasteiger partial charge in [0.25, 0.3) is 0 Å². The van der Waals surface area contributed by atoms with Crippen LogP contribution < -0.4 is 10.1 Å². The van der Waals surface area contributed by atoms with Crippen LogP contribution in [0.4, 0.5) is 0 Å². The highest BCUT2D eigenvalue weighted by molar-refractivity contribution is 5.41. The fourth-order valence-corrected chi connectivity index (χ4v) is 2.29. The van der Waals surface area contributed by atoms with E-state index in [0.29, 0.717) is 0 Å². The molecule has 0 radical (unpaired) electrons. The zero-order chi connectivity index (χ0) is 15.7. The van der Waals surface area contributed by atoms with E-state index in [9.17, 15) is 0 Å². The van der Waals surface area contributed by atoms with E-state index < -0.39 is 0 Å². The summed E-state index contributed by atoms with van der Waals surface area (Å²) in [5, 5.41) is 2.30. The lowest BCUT2D eigenvalue weighted by Crippen LogP contribution is -2.85. The summed E-state index contributed by atoms with van der Waals surface area (Å²) >= 11 is 0. The van der Waals surface area contributed by atoms with Crippen LogP contribution in [-0.2, 0) is 10.2 Å². The molecule has 0 amide bonds. The third kappa shape index (κ3) is 6.96. The third-order valence-electron chi connectivity index (χ3n) is 3.53. The second kappa shape index (κ2) is 9.06. The first-order valence-electron chi connectivity index (χ1n) is 7.99. The maximum atomic E-state index is 6.03. The molecule has 2 N–H and O–H groups in total. The standard InChI is InChI=1S/C18H31NO2/c1-15-8-9-16(18(2,3)4)17(14-15)21-12-7-6-10-19-11-13-20-5/h8-9,14,19H,6-7,10-13H2,1-5H3/p+1. The lowest BCUT2D eigenvalue weighted by atomic mass is 9.86. The highest BCUT2D eigenvalue weighted by Crippen LogP contribution is 2.32. The van der Waals surface area contributed by atoms with Gasteiger partial charge in [0.05, 0.1) is 26.3 Å². The summed E-state index contributed by atoms with van der Waals surface area (Å²) in [4.78, 5) is 0. The zero-order valence-corrected chi connectivity index (χ0v) is 14.4. The van der Waals surface area contributed by atoms with Gasteiger partial charge < -0.3 is 14.8 Å². The van der Waals surface area contributed by atoms with Crippen molar-refractivity contribution in [2.24, 2.45) is 0 Å². The van der Waals surface area contributed by atoms with Gasteiger partial charge in [-0.2, -0.15) is 0 Å². The van der Waals surface area contributed by atoms with Crippen LogP contribution in [0.2, 0.25) is 0 Å². The first-order chi connectivity index (χ1) is 9.95. The number of rotatable bonds is 9. The molecule has 0 heterocycles. The quantitative estimate of drug-likeness (QED) is 0.711. The van der Waals surface area contributed by atoms with Gasteiger partial charge in [0, 0.05) is 7.11 Å². The Morgan fingerprint density at radius 1 is 1.05 bits per heavy atom. The Morgan fingerprint density at radius 2 is 1.81 bits per heavy atom. The van der Waals surface area contributed by atoms with Crippen molar-refractivity contribution in [3.05, 3.63) is 29.3 Å². The van der Waals surface area contributed by atoms with Gasteiger partial charge in [-0.15, -0.1) is 0 Å². The summed E-state index contributed by atoms with van der Waals surface area (Å²) in [6.07, 6.45) is 2.28. The van der Waals surface area contributed by atoms with Crippen molar-refractivity contribution in [1.82, 2.24) is 0 Å². The number of hydrogen-bond donors (Lipinski definition) is 1. The van der Waals surface area contributed by atoms with Gasteiger partial charge in [-0.1, -0.05) is 32.9 Å². The van der Waals surface area contributed by atoms with E-state index in [0.717, 1.165) is 38.5 Å². The molecule has 0 fully saturated rings. The number of benzene rings is 1. The number of ether oxygens (including phenoxy) is 2. The first kappa shape index (κ1) is 18.0. The van der Waals surface area contributed by atoms with E-state index in [-0.39, 0.29) is 5.41 Å². The fourth-order valence-electron chi connectivity index (χ4n) is 2.29. The van der Waals surface area contributed by atoms with Crippen LogP contribution in [0.1, 0.15) is 44.7 Å². The molecular formula is C18H32NO2+. The second-order valence-electron chi connectivity index (χ2n) is 6.66. The average molecular weight is 294 g/mol. The zero-order valence-electron chi connectivity index (χ0n) is 14.4.